The number of aryl methyl sites for hydroxylation is 1. The lowest BCUT2D eigenvalue weighted by Gasteiger charge is -2.03. The fourth-order valence-corrected chi connectivity index (χ4v) is 1.33. The SMILES string of the molecule is Cc1ncc([N+](=O)[O-])n1CCOC(=O)CBr. The average molecular weight is 292 g/mol. The van der Waals surface area contributed by atoms with Crippen molar-refractivity contribution in [2.75, 3.05) is 11.9 Å². The highest BCUT2D eigenvalue weighted by Crippen LogP contribution is 2.12. The van der Waals surface area contributed by atoms with Crippen LogP contribution in [0.15, 0.2) is 6.20 Å². The number of carbonyl (C=O) groups excluding carboxylic acids is 1. The van der Waals surface area contributed by atoms with E-state index in [1.807, 2.05) is 0 Å². The minimum Gasteiger partial charge on any atom is -0.461 e. The molecule has 0 unspecified atom stereocenters. The van der Waals surface area contributed by atoms with Crippen LogP contribution < -0.4 is 0 Å². The zero-order valence-electron chi connectivity index (χ0n) is 8.55. The van der Waals surface area contributed by atoms with Crippen LogP contribution in [0.2, 0.25) is 0 Å². The van der Waals surface area contributed by atoms with E-state index in [1.54, 1.807) is 6.92 Å². The van der Waals surface area contributed by atoms with Crippen molar-refractivity contribution in [3.8, 4) is 0 Å². The predicted molar refractivity (Wildman–Crippen MR) is 58.4 cm³/mol. The van der Waals surface area contributed by atoms with E-state index in [0.717, 1.165) is 0 Å². The van der Waals surface area contributed by atoms with Crippen LogP contribution in [0.4, 0.5) is 5.82 Å². The number of alkyl halides is 1. The first-order chi connectivity index (χ1) is 7.56. The van der Waals surface area contributed by atoms with E-state index in [4.69, 9.17) is 4.74 Å². The second-order valence-electron chi connectivity index (χ2n) is 2.93. The van der Waals surface area contributed by atoms with Gasteiger partial charge in [-0.1, -0.05) is 15.9 Å². The van der Waals surface area contributed by atoms with Crippen LogP contribution in [0.5, 0.6) is 0 Å². The van der Waals surface area contributed by atoms with Crippen molar-refractivity contribution in [1.82, 2.24) is 9.55 Å². The number of esters is 1. The van der Waals surface area contributed by atoms with Gasteiger partial charge in [0.05, 0.1) is 0 Å². The third kappa shape index (κ3) is 3.02. The van der Waals surface area contributed by atoms with E-state index in [-0.39, 0.29) is 24.3 Å². The maximum atomic E-state index is 10.8. The zero-order valence-corrected chi connectivity index (χ0v) is 10.1. The van der Waals surface area contributed by atoms with Crippen LogP contribution in [0, 0.1) is 17.0 Å². The van der Waals surface area contributed by atoms with Crippen molar-refractivity contribution in [3.05, 3.63) is 22.1 Å². The summed E-state index contributed by atoms with van der Waals surface area (Å²) < 4.78 is 6.19. The number of carbonyl (C=O) groups is 1. The van der Waals surface area contributed by atoms with Gasteiger partial charge in [0, 0.05) is 6.92 Å². The molecule has 1 aromatic rings. The van der Waals surface area contributed by atoms with Crippen LogP contribution in [-0.4, -0.2) is 32.4 Å². The lowest BCUT2D eigenvalue weighted by atomic mass is 10.6. The van der Waals surface area contributed by atoms with E-state index in [2.05, 4.69) is 20.9 Å². The van der Waals surface area contributed by atoms with E-state index < -0.39 is 10.9 Å². The average Bonchev–Trinajstić information content (AvgIpc) is 2.60. The maximum Gasteiger partial charge on any atom is 0.342 e. The molecule has 0 amide bonds. The van der Waals surface area contributed by atoms with Crippen molar-refractivity contribution < 1.29 is 14.5 Å². The van der Waals surface area contributed by atoms with Gasteiger partial charge in [0.1, 0.15) is 24.7 Å². The molecule has 0 aliphatic carbocycles. The Morgan fingerprint density at radius 1 is 1.75 bits per heavy atom. The summed E-state index contributed by atoms with van der Waals surface area (Å²) in [6, 6.07) is 0. The molecule has 0 saturated heterocycles. The lowest BCUT2D eigenvalue weighted by Crippen LogP contribution is -2.14. The van der Waals surface area contributed by atoms with Crippen molar-refractivity contribution in [2.24, 2.45) is 0 Å². The number of aromatic nitrogens is 2. The highest BCUT2D eigenvalue weighted by atomic mass is 79.9. The van der Waals surface area contributed by atoms with E-state index in [9.17, 15) is 14.9 Å². The molecule has 7 nitrogen and oxygen atoms in total. The molecule has 0 bridgehead atoms. The minimum absolute atomic E-state index is 0.0858. The molecular weight excluding hydrogens is 282 g/mol. The fourth-order valence-electron chi connectivity index (χ4n) is 1.17. The Hall–Kier alpha value is -1.44. The molecule has 1 rings (SSSR count). The maximum absolute atomic E-state index is 10.8. The third-order valence-electron chi connectivity index (χ3n) is 1.91. The number of halogens is 1. The van der Waals surface area contributed by atoms with Crippen LogP contribution in [0.3, 0.4) is 0 Å². The molecule has 0 saturated carbocycles. The van der Waals surface area contributed by atoms with Crippen molar-refractivity contribution in [2.45, 2.75) is 13.5 Å². The third-order valence-corrected chi connectivity index (χ3v) is 2.37. The summed E-state index contributed by atoms with van der Waals surface area (Å²) in [4.78, 5) is 24.7. The van der Waals surface area contributed by atoms with Gasteiger partial charge in [0.25, 0.3) is 0 Å². The Morgan fingerprint density at radius 3 is 3.00 bits per heavy atom. The quantitative estimate of drug-likeness (QED) is 0.350. The number of hydrogen-bond acceptors (Lipinski definition) is 5. The number of rotatable bonds is 5. The van der Waals surface area contributed by atoms with E-state index in [1.165, 1.54) is 10.8 Å². The largest absolute Gasteiger partial charge is 0.461 e. The fraction of sp³-hybridized carbons (Fsp3) is 0.500. The Morgan fingerprint density at radius 2 is 2.44 bits per heavy atom. The number of ether oxygens (including phenoxy) is 1. The second kappa shape index (κ2) is 5.59. The summed E-state index contributed by atoms with van der Waals surface area (Å²) in [6.07, 6.45) is 1.18. The Kier molecular flexibility index (Phi) is 4.41. The van der Waals surface area contributed by atoms with Gasteiger partial charge < -0.3 is 14.9 Å². The first-order valence-corrected chi connectivity index (χ1v) is 5.56. The first kappa shape index (κ1) is 12.6. The summed E-state index contributed by atoms with van der Waals surface area (Å²) >= 11 is 2.94. The summed E-state index contributed by atoms with van der Waals surface area (Å²) in [5, 5.41) is 10.7. The molecule has 0 atom stereocenters. The Balaban J connectivity index is 2.62. The number of nitro groups is 1. The molecule has 1 aromatic heterocycles. The predicted octanol–water partition coefficient (Wildman–Crippen LogP) is 1.04. The molecular formula is C8H10BrN3O4. The zero-order chi connectivity index (χ0) is 12.1. The molecule has 0 spiro atoms. The Labute approximate surface area is 99.7 Å². The normalized spacial score (nSPS) is 10.1. The van der Waals surface area contributed by atoms with E-state index in [0.29, 0.717) is 5.82 Å². The lowest BCUT2D eigenvalue weighted by molar-refractivity contribution is -0.392. The smallest absolute Gasteiger partial charge is 0.342 e. The molecule has 16 heavy (non-hydrogen) atoms. The van der Waals surface area contributed by atoms with Crippen molar-refractivity contribution >= 4 is 27.7 Å². The number of imidazole rings is 1. The topological polar surface area (TPSA) is 87.3 Å². The molecule has 0 aliphatic heterocycles. The summed E-state index contributed by atoms with van der Waals surface area (Å²) in [6.45, 7) is 1.96. The summed E-state index contributed by atoms with van der Waals surface area (Å²) in [7, 11) is 0. The molecule has 88 valence electrons. The summed E-state index contributed by atoms with van der Waals surface area (Å²) in [5.74, 6) is 0.00871. The number of hydrogen-bond donors (Lipinski definition) is 0. The monoisotopic (exact) mass is 291 g/mol. The van der Waals surface area contributed by atoms with Crippen molar-refractivity contribution in [1.29, 1.82) is 0 Å². The van der Waals surface area contributed by atoms with Crippen molar-refractivity contribution in [3.63, 3.8) is 0 Å². The molecule has 0 aromatic carbocycles. The van der Waals surface area contributed by atoms with Gasteiger partial charge in [-0.2, -0.15) is 0 Å². The van der Waals surface area contributed by atoms with E-state index >= 15 is 0 Å². The molecule has 0 radical (unpaired) electrons. The highest BCUT2D eigenvalue weighted by molar-refractivity contribution is 9.09. The van der Waals surface area contributed by atoms with Crippen LogP contribution in [0.1, 0.15) is 5.82 Å². The van der Waals surface area contributed by atoms with Crippen LogP contribution >= 0.6 is 15.9 Å². The van der Waals surface area contributed by atoms with Gasteiger partial charge in [-0.15, -0.1) is 0 Å². The first-order valence-electron chi connectivity index (χ1n) is 4.44. The Bertz CT molecular complexity index is 404. The summed E-state index contributed by atoms with van der Waals surface area (Å²) in [5.41, 5.74) is 0. The van der Waals surface area contributed by atoms with Gasteiger partial charge in [-0.3, -0.25) is 4.79 Å². The van der Waals surface area contributed by atoms with Gasteiger partial charge in [-0.25, -0.2) is 9.55 Å². The second-order valence-corrected chi connectivity index (χ2v) is 3.49. The van der Waals surface area contributed by atoms with Gasteiger partial charge >= 0.3 is 11.8 Å². The molecule has 1 heterocycles. The van der Waals surface area contributed by atoms with Gasteiger partial charge in [-0.05, 0) is 4.92 Å². The van der Waals surface area contributed by atoms with Gasteiger partial charge in [0.15, 0.2) is 5.82 Å². The highest BCUT2D eigenvalue weighted by Gasteiger charge is 2.17. The minimum atomic E-state index is -0.522. The van der Waals surface area contributed by atoms with Gasteiger partial charge in [0.2, 0.25) is 0 Å². The molecule has 8 heteroatoms. The molecule has 0 N–H and O–H groups in total. The number of nitrogens with zero attached hydrogens (tertiary/aromatic N) is 3. The van der Waals surface area contributed by atoms with Crippen LogP contribution in [0.25, 0.3) is 0 Å². The molecule has 0 aliphatic rings. The standard InChI is InChI=1S/C8H10BrN3O4/c1-6-10-5-7(12(14)15)11(6)2-3-16-8(13)4-9/h5H,2-4H2,1H3. The molecule has 0 fully saturated rings. The van der Waals surface area contributed by atoms with Crippen LogP contribution in [-0.2, 0) is 16.1 Å².